The Hall–Kier alpha value is -2.12. The number of nitrogens with zero attached hydrogens (tertiary/aromatic N) is 2. The van der Waals surface area contributed by atoms with Crippen molar-refractivity contribution in [3.8, 4) is 5.75 Å². The van der Waals surface area contributed by atoms with E-state index < -0.39 is 17.8 Å². The van der Waals surface area contributed by atoms with Crippen LogP contribution in [0.15, 0.2) is 12.1 Å². The van der Waals surface area contributed by atoms with Gasteiger partial charge in [0, 0.05) is 22.2 Å². The van der Waals surface area contributed by atoms with Gasteiger partial charge < -0.3 is 9.47 Å². The Kier molecular flexibility index (Phi) is 4.82. The summed E-state index contributed by atoms with van der Waals surface area (Å²) in [4.78, 5) is 40.2. The normalized spacial score (nSPS) is 25.6. The number of rotatable bonds is 3. The van der Waals surface area contributed by atoms with Gasteiger partial charge in [-0.05, 0) is 30.9 Å². The fourth-order valence-corrected chi connectivity index (χ4v) is 4.44. The molecule has 2 heterocycles. The van der Waals surface area contributed by atoms with E-state index in [0.29, 0.717) is 22.9 Å². The average molecular weight is 393 g/mol. The molecule has 7 nitrogen and oxygen atoms in total. The molecule has 27 heavy (non-hydrogen) atoms. The van der Waals surface area contributed by atoms with Gasteiger partial charge in [0.1, 0.15) is 5.75 Å². The van der Waals surface area contributed by atoms with Crippen molar-refractivity contribution in [2.45, 2.75) is 51.8 Å². The van der Waals surface area contributed by atoms with Crippen LogP contribution in [-0.2, 0) is 27.5 Å². The Bertz CT molecular complexity index is 812. The minimum atomic E-state index is -0.793. The third kappa shape index (κ3) is 3.19. The van der Waals surface area contributed by atoms with Gasteiger partial charge in [0.25, 0.3) is 0 Å². The van der Waals surface area contributed by atoms with E-state index in [1.165, 1.54) is 0 Å². The van der Waals surface area contributed by atoms with Gasteiger partial charge in [-0.1, -0.05) is 31.4 Å². The molecule has 1 aromatic rings. The molecular weight excluding hydrogens is 372 g/mol. The van der Waals surface area contributed by atoms with Crippen molar-refractivity contribution >= 4 is 29.4 Å². The maximum Gasteiger partial charge on any atom is 0.334 e. The predicted molar refractivity (Wildman–Crippen MR) is 95.9 cm³/mol. The highest BCUT2D eigenvalue weighted by molar-refractivity contribution is 6.44. The smallest absolute Gasteiger partial charge is 0.334 e. The molecule has 4 amide bonds. The molecule has 0 aromatic heterocycles. The lowest BCUT2D eigenvalue weighted by Gasteiger charge is -2.34. The van der Waals surface area contributed by atoms with Gasteiger partial charge in [-0.3, -0.25) is 19.4 Å². The van der Waals surface area contributed by atoms with Crippen molar-refractivity contribution in [2.24, 2.45) is 5.92 Å². The SMILES string of the molecule is C[C@H]1CCCC[C@H]1N1C(=O)C(=O)N(Cc2cc(Cl)cc3c2OCOC3)C1=O. The van der Waals surface area contributed by atoms with Gasteiger partial charge in [0.15, 0.2) is 6.79 Å². The van der Waals surface area contributed by atoms with Crippen molar-refractivity contribution in [2.75, 3.05) is 6.79 Å². The largest absolute Gasteiger partial charge is 0.467 e. The highest BCUT2D eigenvalue weighted by atomic mass is 35.5. The van der Waals surface area contributed by atoms with Gasteiger partial charge in [0.05, 0.1) is 13.2 Å². The zero-order chi connectivity index (χ0) is 19.1. The quantitative estimate of drug-likeness (QED) is 0.583. The number of carbonyl (C=O) groups is 3. The van der Waals surface area contributed by atoms with Crippen LogP contribution in [0.25, 0.3) is 0 Å². The molecule has 2 fully saturated rings. The van der Waals surface area contributed by atoms with E-state index in [1.54, 1.807) is 12.1 Å². The maximum atomic E-state index is 12.9. The molecule has 3 aliphatic rings. The Morgan fingerprint density at radius 3 is 2.70 bits per heavy atom. The van der Waals surface area contributed by atoms with E-state index >= 15 is 0 Å². The summed E-state index contributed by atoms with van der Waals surface area (Å²) >= 11 is 6.16. The van der Waals surface area contributed by atoms with Crippen molar-refractivity contribution in [1.29, 1.82) is 0 Å². The maximum absolute atomic E-state index is 12.9. The molecular formula is C19H21ClN2O5. The molecule has 0 bridgehead atoms. The Labute approximate surface area is 162 Å². The summed E-state index contributed by atoms with van der Waals surface area (Å²) in [5.41, 5.74) is 1.35. The van der Waals surface area contributed by atoms with Crippen molar-refractivity contribution < 1.29 is 23.9 Å². The zero-order valence-corrected chi connectivity index (χ0v) is 15.8. The molecule has 1 aromatic carbocycles. The second-order valence-corrected chi connectivity index (χ2v) is 7.78. The number of halogens is 1. The standard InChI is InChI=1S/C19H21ClN2O5/c1-11-4-2-3-5-15(11)22-18(24)17(23)21(19(22)25)8-12-6-14(20)7-13-9-26-10-27-16(12)13/h6-7,11,15H,2-5,8-10H2,1H3/t11-,15+/m0/s1. The van der Waals surface area contributed by atoms with Crippen molar-refractivity contribution in [1.82, 2.24) is 9.80 Å². The second-order valence-electron chi connectivity index (χ2n) is 7.34. The fraction of sp³-hybridized carbons (Fsp3) is 0.526. The molecule has 0 unspecified atom stereocenters. The summed E-state index contributed by atoms with van der Waals surface area (Å²) in [7, 11) is 0. The molecule has 2 atom stereocenters. The first-order valence-corrected chi connectivity index (χ1v) is 9.56. The lowest BCUT2D eigenvalue weighted by molar-refractivity contribution is -0.144. The number of urea groups is 1. The molecule has 1 saturated carbocycles. The Morgan fingerprint density at radius 2 is 1.93 bits per heavy atom. The topological polar surface area (TPSA) is 76.2 Å². The third-order valence-corrected chi connectivity index (χ3v) is 5.78. The fourth-order valence-electron chi connectivity index (χ4n) is 4.18. The summed E-state index contributed by atoms with van der Waals surface area (Å²) in [5, 5.41) is 0.459. The number of hydrogen-bond donors (Lipinski definition) is 0. The highest BCUT2D eigenvalue weighted by Crippen LogP contribution is 2.35. The number of amides is 4. The molecule has 1 aliphatic carbocycles. The first kappa shape index (κ1) is 18.3. The van der Waals surface area contributed by atoms with Crippen molar-refractivity contribution in [3.05, 3.63) is 28.3 Å². The van der Waals surface area contributed by atoms with E-state index in [1.807, 2.05) is 6.92 Å². The molecule has 0 radical (unpaired) electrons. The van der Waals surface area contributed by atoms with E-state index in [2.05, 4.69) is 0 Å². The summed E-state index contributed by atoms with van der Waals surface area (Å²) in [6.45, 7) is 2.41. The number of ether oxygens (including phenoxy) is 2. The number of imide groups is 2. The minimum Gasteiger partial charge on any atom is -0.467 e. The van der Waals surface area contributed by atoms with Crippen LogP contribution in [0, 0.1) is 5.92 Å². The lowest BCUT2D eigenvalue weighted by Crippen LogP contribution is -2.46. The summed E-state index contributed by atoms with van der Waals surface area (Å²) in [6.07, 6.45) is 3.73. The number of fused-ring (bicyclic) bond motifs is 1. The van der Waals surface area contributed by atoms with E-state index in [0.717, 1.165) is 41.0 Å². The number of hydrogen-bond acceptors (Lipinski definition) is 5. The zero-order valence-electron chi connectivity index (χ0n) is 15.1. The average Bonchev–Trinajstić information content (AvgIpc) is 2.86. The first-order chi connectivity index (χ1) is 13.0. The molecule has 1 saturated heterocycles. The molecule has 0 N–H and O–H groups in total. The second kappa shape index (κ2) is 7.13. The van der Waals surface area contributed by atoms with Crippen LogP contribution < -0.4 is 4.74 Å². The molecule has 4 rings (SSSR count). The van der Waals surface area contributed by atoms with Gasteiger partial charge in [-0.25, -0.2) is 4.79 Å². The van der Waals surface area contributed by atoms with Gasteiger partial charge >= 0.3 is 17.8 Å². The van der Waals surface area contributed by atoms with Crippen LogP contribution in [0.4, 0.5) is 4.79 Å². The van der Waals surface area contributed by atoms with E-state index in [-0.39, 0.29) is 25.3 Å². The highest BCUT2D eigenvalue weighted by Gasteiger charge is 2.49. The lowest BCUT2D eigenvalue weighted by atomic mass is 9.85. The molecule has 2 aliphatic heterocycles. The van der Waals surface area contributed by atoms with Crippen LogP contribution in [0.1, 0.15) is 43.7 Å². The molecule has 0 spiro atoms. The van der Waals surface area contributed by atoms with E-state index in [4.69, 9.17) is 21.1 Å². The summed E-state index contributed by atoms with van der Waals surface area (Å²) < 4.78 is 10.8. The molecule has 144 valence electrons. The van der Waals surface area contributed by atoms with Gasteiger partial charge in [-0.2, -0.15) is 0 Å². The predicted octanol–water partition coefficient (Wildman–Crippen LogP) is 3.08. The van der Waals surface area contributed by atoms with Gasteiger partial charge in [-0.15, -0.1) is 0 Å². The third-order valence-electron chi connectivity index (χ3n) is 5.56. The molecule has 8 heteroatoms. The summed E-state index contributed by atoms with van der Waals surface area (Å²) in [5.74, 6) is -0.778. The Balaban J connectivity index is 1.62. The van der Waals surface area contributed by atoms with Crippen LogP contribution in [-0.4, -0.2) is 40.5 Å². The van der Waals surface area contributed by atoms with Crippen LogP contribution in [0.5, 0.6) is 5.75 Å². The minimum absolute atomic E-state index is 0.0517. The monoisotopic (exact) mass is 392 g/mol. The summed E-state index contributed by atoms with van der Waals surface area (Å²) in [6, 6.07) is 2.62. The number of benzene rings is 1. The van der Waals surface area contributed by atoms with Gasteiger partial charge in [0.2, 0.25) is 0 Å². The Morgan fingerprint density at radius 1 is 1.15 bits per heavy atom. The van der Waals surface area contributed by atoms with Crippen LogP contribution in [0.2, 0.25) is 5.02 Å². The van der Waals surface area contributed by atoms with E-state index in [9.17, 15) is 14.4 Å². The van der Waals surface area contributed by atoms with Crippen LogP contribution in [0.3, 0.4) is 0 Å². The van der Waals surface area contributed by atoms with Crippen molar-refractivity contribution in [3.63, 3.8) is 0 Å². The number of carbonyl (C=O) groups excluding carboxylic acids is 3. The first-order valence-electron chi connectivity index (χ1n) is 9.18. The van der Waals surface area contributed by atoms with Crippen LogP contribution >= 0.6 is 11.6 Å².